The van der Waals surface area contributed by atoms with Crippen LogP contribution in [0.15, 0.2) is 0 Å². The van der Waals surface area contributed by atoms with Gasteiger partial charge in [-0.2, -0.15) is 0 Å². The fraction of sp³-hybridized carbons (Fsp3) is 0.974. The number of esters is 2. The summed E-state index contributed by atoms with van der Waals surface area (Å²) in [5, 5.41) is 0. The molecule has 9 nitrogen and oxygen atoms in total. The molecular formula is C77H154NO8P. The Morgan fingerprint density at radius 2 is 0.494 bits per heavy atom. The van der Waals surface area contributed by atoms with Crippen LogP contribution < -0.4 is 5.73 Å². The van der Waals surface area contributed by atoms with Crippen LogP contribution in [0.2, 0.25) is 0 Å². The molecule has 2 atom stereocenters. The van der Waals surface area contributed by atoms with Gasteiger partial charge in [0.2, 0.25) is 0 Å². The van der Waals surface area contributed by atoms with Crippen molar-refractivity contribution in [2.24, 2.45) is 5.73 Å². The molecule has 0 aliphatic carbocycles. The summed E-state index contributed by atoms with van der Waals surface area (Å²) in [6.45, 7) is 3.86. The van der Waals surface area contributed by atoms with Gasteiger partial charge in [-0.15, -0.1) is 0 Å². The molecule has 0 aromatic heterocycles. The summed E-state index contributed by atoms with van der Waals surface area (Å²) in [5.41, 5.74) is 5.41. The van der Waals surface area contributed by atoms with Crippen molar-refractivity contribution in [2.75, 3.05) is 26.4 Å². The molecule has 0 aromatic rings. The number of hydrogen-bond donors (Lipinski definition) is 2. The second-order valence-electron chi connectivity index (χ2n) is 27.3. The van der Waals surface area contributed by atoms with Crippen LogP contribution in [0.25, 0.3) is 0 Å². The zero-order valence-corrected chi connectivity index (χ0v) is 59.7. The molecule has 0 saturated heterocycles. The number of nitrogens with two attached hydrogens (primary N) is 1. The van der Waals surface area contributed by atoms with Crippen molar-refractivity contribution < 1.29 is 37.6 Å². The Morgan fingerprint density at radius 3 is 0.701 bits per heavy atom. The zero-order valence-electron chi connectivity index (χ0n) is 58.8. The molecular weight excluding hydrogens is 1100 g/mol. The van der Waals surface area contributed by atoms with E-state index in [1.165, 1.54) is 385 Å². The Labute approximate surface area is 543 Å². The van der Waals surface area contributed by atoms with E-state index < -0.39 is 26.5 Å². The molecule has 0 aliphatic rings. The van der Waals surface area contributed by atoms with E-state index >= 15 is 0 Å². The Balaban J connectivity index is 3.72. The third kappa shape index (κ3) is 73.9. The molecule has 520 valence electrons. The zero-order chi connectivity index (χ0) is 63.0. The molecule has 0 spiro atoms. The summed E-state index contributed by atoms with van der Waals surface area (Å²) in [6, 6.07) is 0. The molecule has 87 heavy (non-hydrogen) atoms. The minimum absolute atomic E-state index is 0.0589. The number of carbonyl (C=O) groups excluding carboxylic acids is 2. The molecule has 0 radical (unpaired) electrons. The van der Waals surface area contributed by atoms with E-state index in [-0.39, 0.29) is 32.1 Å². The molecule has 3 N–H and O–H groups in total. The number of ether oxygens (including phenoxy) is 2. The fourth-order valence-electron chi connectivity index (χ4n) is 12.6. The van der Waals surface area contributed by atoms with Crippen LogP contribution in [0.4, 0.5) is 0 Å². The van der Waals surface area contributed by atoms with Gasteiger partial charge in [-0.1, -0.05) is 425 Å². The Hall–Kier alpha value is -0.990. The molecule has 0 fully saturated rings. The second kappa shape index (κ2) is 74.1. The van der Waals surface area contributed by atoms with E-state index in [0.717, 1.165) is 32.1 Å². The number of unbranched alkanes of at least 4 members (excludes halogenated alkanes) is 64. The predicted octanol–water partition coefficient (Wildman–Crippen LogP) is 26.1. The van der Waals surface area contributed by atoms with Gasteiger partial charge in [0.1, 0.15) is 6.61 Å². The summed E-state index contributed by atoms with van der Waals surface area (Å²) in [7, 11) is -4.39. The highest BCUT2D eigenvalue weighted by molar-refractivity contribution is 7.47. The quantitative estimate of drug-likeness (QED) is 0.0347. The molecule has 2 unspecified atom stereocenters. The maximum atomic E-state index is 12.8. The van der Waals surface area contributed by atoms with Gasteiger partial charge in [0.25, 0.3) is 0 Å². The number of rotatable bonds is 77. The van der Waals surface area contributed by atoms with Gasteiger partial charge in [-0.3, -0.25) is 18.6 Å². The van der Waals surface area contributed by atoms with Gasteiger partial charge in [0.05, 0.1) is 13.2 Å². The molecule has 0 heterocycles. The lowest BCUT2D eigenvalue weighted by Gasteiger charge is -2.19. The van der Waals surface area contributed by atoms with Crippen LogP contribution in [0, 0.1) is 0 Å². The van der Waals surface area contributed by atoms with Gasteiger partial charge in [-0.25, -0.2) is 4.57 Å². The summed E-state index contributed by atoms with van der Waals surface area (Å²) in [4.78, 5) is 35.4. The normalized spacial score (nSPS) is 12.7. The van der Waals surface area contributed by atoms with Crippen molar-refractivity contribution in [3.8, 4) is 0 Å². The van der Waals surface area contributed by atoms with Crippen LogP contribution in [-0.2, 0) is 32.7 Å². The average Bonchev–Trinajstić information content (AvgIpc) is 3.64. The van der Waals surface area contributed by atoms with Gasteiger partial charge < -0.3 is 20.1 Å². The first kappa shape index (κ1) is 86.0. The van der Waals surface area contributed by atoms with Gasteiger partial charge in [-0.05, 0) is 12.8 Å². The van der Waals surface area contributed by atoms with E-state index in [0.29, 0.717) is 12.8 Å². The van der Waals surface area contributed by atoms with E-state index in [1.54, 1.807) is 0 Å². The second-order valence-corrected chi connectivity index (χ2v) is 28.8. The summed E-state index contributed by atoms with van der Waals surface area (Å²) >= 11 is 0. The maximum absolute atomic E-state index is 12.8. The van der Waals surface area contributed by atoms with E-state index in [4.69, 9.17) is 24.3 Å². The number of phosphoric acid groups is 1. The molecule has 0 bridgehead atoms. The first-order chi connectivity index (χ1) is 42.8. The predicted molar refractivity (Wildman–Crippen MR) is 377 cm³/mol. The van der Waals surface area contributed by atoms with Crippen molar-refractivity contribution >= 4 is 19.8 Å². The Bertz CT molecular complexity index is 1380. The highest BCUT2D eigenvalue weighted by atomic mass is 31.2. The number of hydrogen-bond acceptors (Lipinski definition) is 8. The lowest BCUT2D eigenvalue weighted by molar-refractivity contribution is -0.161. The molecule has 0 aromatic carbocycles. The van der Waals surface area contributed by atoms with Crippen LogP contribution in [0.1, 0.15) is 450 Å². The van der Waals surface area contributed by atoms with E-state index in [1.807, 2.05) is 0 Å². The highest BCUT2D eigenvalue weighted by Gasteiger charge is 2.26. The van der Waals surface area contributed by atoms with Crippen LogP contribution in [-0.4, -0.2) is 49.3 Å². The number of carbonyl (C=O) groups is 2. The van der Waals surface area contributed by atoms with E-state index in [9.17, 15) is 19.0 Å². The highest BCUT2D eigenvalue weighted by Crippen LogP contribution is 2.43. The molecule has 0 saturated carbocycles. The minimum atomic E-state index is -4.39. The van der Waals surface area contributed by atoms with Gasteiger partial charge >= 0.3 is 19.8 Å². The third-order valence-electron chi connectivity index (χ3n) is 18.5. The lowest BCUT2D eigenvalue weighted by atomic mass is 10.0. The smallest absolute Gasteiger partial charge is 0.462 e. The lowest BCUT2D eigenvalue weighted by Crippen LogP contribution is -2.29. The van der Waals surface area contributed by atoms with Crippen molar-refractivity contribution in [1.82, 2.24) is 0 Å². The average molecular weight is 1250 g/mol. The van der Waals surface area contributed by atoms with Gasteiger partial charge in [0, 0.05) is 19.4 Å². The molecule has 0 aliphatic heterocycles. The summed E-state index contributed by atoms with van der Waals surface area (Å²) in [5.74, 6) is -0.795. The van der Waals surface area contributed by atoms with Gasteiger partial charge in [0.15, 0.2) is 6.10 Å². The van der Waals surface area contributed by atoms with Crippen LogP contribution >= 0.6 is 7.82 Å². The largest absolute Gasteiger partial charge is 0.472 e. The van der Waals surface area contributed by atoms with Crippen molar-refractivity contribution in [3.63, 3.8) is 0 Å². The molecule has 0 rings (SSSR count). The standard InChI is InChI=1S/C77H154NO8P/c1-3-5-7-9-11-13-15-17-19-21-23-25-27-29-31-33-34-35-36-37-38-39-40-41-42-44-46-48-50-52-54-56-58-60-62-64-66-68-70-77(80)86-75(74-85-87(81,82)84-72-71-78)73-83-76(79)69-67-65-63-61-59-57-55-53-51-49-47-45-43-32-30-28-26-24-22-20-18-16-14-12-10-8-6-4-2/h75H,3-74,78H2,1-2H3,(H,81,82). The fourth-order valence-corrected chi connectivity index (χ4v) is 13.4. The number of phosphoric ester groups is 1. The maximum Gasteiger partial charge on any atom is 0.472 e. The minimum Gasteiger partial charge on any atom is -0.462 e. The van der Waals surface area contributed by atoms with E-state index in [2.05, 4.69) is 13.8 Å². The van der Waals surface area contributed by atoms with Crippen LogP contribution in [0.3, 0.4) is 0 Å². The summed E-state index contributed by atoms with van der Waals surface area (Å²) in [6.07, 6.45) is 89.7. The van der Waals surface area contributed by atoms with Crippen LogP contribution in [0.5, 0.6) is 0 Å². The van der Waals surface area contributed by atoms with Crippen molar-refractivity contribution in [1.29, 1.82) is 0 Å². The Kier molecular flexibility index (Phi) is 73.2. The molecule has 0 amide bonds. The third-order valence-corrected chi connectivity index (χ3v) is 19.5. The first-order valence-corrected chi connectivity index (χ1v) is 41.0. The SMILES string of the molecule is CCCCCCCCCCCCCCCCCCCCCCCCCCCCCCCCCCCCCCCCC(=O)OC(COC(=O)CCCCCCCCCCCCCCCCCCCCCCCCCCCCCC)COP(=O)(O)OCCN. The summed E-state index contributed by atoms with van der Waals surface area (Å²) < 4.78 is 33.3. The first-order valence-electron chi connectivity index (χ1n) is 39.5. The monoisotopic (exact) mass is 1250 g/mol. The van der Waals surface area contributed by atoms with Crippen molar-refractivity contribution in [3.05, 3.63) is 0 Å². The molecule has 10 heteroatoms. The topological polar surface area (TPSA) is 134 Å². The van der Waals surface area contributed by atoms with Crippen molar-refractivity contribution in [2.45, 2.75) is 457 Å². The Morgan fingerprint density at radius 1 is 0.299 bits per heavy atom.